The quantitative estimate of drug-likeness (QED) is 0.791. The number of hydrogen-bond acceptors (Lipinski definition) is 1. The monoisotopic (exact) mass is 270 g/mol. The van der Waals surface area contributed by atoms with Crippen LogP contribution in [0.2, 0.25) is 0 Å². The van der Waals surface area contributed by atoms with Crippen molar-refractivity contribution in [3.8, 4) is 0 Å². The van der Waals surface area contributed by atoms with Gasteiger partial charge in [0.2, 0.25) is 0 Å². The van der Waals surface area contributed by atoms with E-state index < -0.39 is 0 Å². The van der Waals surface area contributed by atoms with Crippen molar-refractivity contribution in [2.75, 3.05) is 0 Å². The number of hydrogen-bond donors (Lipinski definition) is 0. The lowest BCUT2D eigenvalue weighted by molar-refractivity contribution is -0.117. The largest absolute Gasteiger partial charge is 0.299 e. The summed E-state index contributed by atoms with van der Waals surface area (Å²) in [6, 6.07) is 14.3. The van der Waals surface area contributed by atoms with Crippen molar-refractivity contribution in [3.63, 3.8) is 0 Å². The summed E-state index contributed by atoms with van der Waals surface area (Å²) in [6.45, 7) is 4.29. The first kappa shape index (κ1) is 14.4. The zero-order valence-corrected chi connectivity index (χ0v) is 11.9. The minimum Gasteiger partial charge on any atom is -0.299 e. The zero-order chi connectivity index (χ0) is 14.5. The van der Waals surface area contributed by atoms with Crippen LogP contribution in [0.3, 0.4) is 0 Å². The van der Waals surface area contributed by atoms with Crippen LogP contribution in [-0.2, 0) is 17.6 Å². The molecule has 0 amide bonds. The fourth-order valence-electron chi connectivity index (χ4n) is 2.19. The highest BCUT2D eigenvalue weighted by molar-refractivity contribution is 5.83. The molecule has 0 atom stereocenters. The molecule has 1 nitrogen and oxygen atoms in total. The summed E-state index contributed by atoms with van der Waals surface area (Å²) in [5, 5.41) is 0. The molecule has 0 aliphatic carbocycles. The number of halogens is 1. The molecular formula is C18H19FO. The Labute approximate surface area is 119 Å². The zero-order valence-electron chi connectivity index (χ0n) is 11.9. The van der Waals surface area contributed by atoms with E-state index in [9.17, 15) is 9.18 Å². The van der Waals surface area contributed by atoms with Crippen molar-refractivity contribution >= 4 is 5.78 Å². The third-order valence-corrected chi connectivity index (χ3v) is 3.34. The third kappa shape index (κ3) is 4.02. The van der Waals surface area contributed by atoms with E-state index in [-0.39, 0.29) is 18.0 Å². The Balaban J connectivity index is 1.97. The number of benzene rings is 2. The van der Waals surface area contributed by atoms with Crippen LogP contribution < -0.4 is 0 Å². The molecule has 0 aliphatic heterocycles. The first-order chi connectivity index (χ1) is 9.54. The highest BCUT2D eigenvalue weighted by Gasteiger charge is 2.07. The normalized spacial score (nSPS) is 10.8. The predicted molar refractivity (Wildman–Crippen MR) is 79.3 cm³/mol. The van der Waals surface area contributed by atoms with Crippen LogP contribution in [0.5, 0.6) is 0 Å². The highest BCUT2D eigenvalue weighted by atomic mass is 19.1. The molecule has 0 fully saturated rings. The highest BCUT2D eigenvalue weighted by Crippen LogP contribution is 2.15. The second-order valence-electron chi connectivity index (χ2n) is 5.42. The minimum absolute atomic E-state index is 0.105. The third-order valence-electron chi connectivity index (χ3n) is 3.34. The van der Waals surface area contributed by atoms with Crippen LogP contribution in [0.15, 0.2) is 48.5 Å². The number of rotatable bonds is 5. The van der Waals surface area contributed by atoms with Gasteiger partial charge in [0.1, 0.15) is 11.6 Å². The molecule has 0 aliphatic rings. The van der Waals surface area contributed by atoms with E-state index >= 15 is 0 Å². The minimum atomic E-state index is -0.295. The molecule has 2 heteroatoms. The molecule has 2 aromatic carbocycles. The number of Topliss-reactive ketones (excluding diaryl/α,β-unsaturated/α-hetero) is 1. The van der Waals surface area contributed by atoms with Gasteiger partial charge in [-0.05, 0) is 34.7 Å². The second kappa shape index (κ2) is 6.47. The van der Waals surface area contributed by atoms with E-state index in [0.29, 0.717) is 12.3 Å². The maximum absolute atomic E-state index is 13.1. The summed E-state index contributed by atoms with van der Waals surface area (Å²) in [5.74, 6) is 0.302. The molecule has 0 N–H and O–H groups in total. The fraction of sp³-hybridized carbons (Fsp3) is 0.278. The van der Waals surface area contributed by atoms with Crippen molar-refractivity contribution in [1.82, 2.24) is 0 Å². The number of carbonyl (C=O) groups excluding carboxylic acids is 1. The van der Waals surface area contributed by atoms with Crippen molar-refractivity contribution in [2.24, 2.45) is 0 Å². The van der Waals surface area contributed by atoms with Crippen LogP contribution in [-0.4, -0.2) is 5.78 Å². The van der Waals surface area contributed by atoms with Gasteiger partial charge < -0.3 is 0 Å². The summed E-state index contributed by atoms with van der Waals surface area (Å²) in [4.78, 5) is 12.0. The van der Waals surface area contributed by atoms with Crippen LogP contribution in [0, 0.1) is 5.82 Å². The Bertz CT molecular complexity index is 585. The van der Waals surface area contributed by atoms with Gasteiger partial charge in [-0.15, -0.1) is 0 Å². The van der Waals surface area contributed by atoms with Crippen LogP contribution in [0.25, 0.3) is 0 Å². The lowest BCUT2D eigenvalue weighted by Gasteiger charge is -2.07. The molecule has 2 rings (SSSR count). The molecule has 104 valence electrons. The Kier molecular flexibility index (Phi) is 4.67. The van der Waals surface area contributed by atoms with Crippen LogP contribution >= 0.6 is 0 Å². The van der Waals surface area contributed by atoms with Gasteiger partial charge in [-0.25, -0.2) is 4.39 Å². The second-order valence-corrected chi connectivity index (χ2v) is 5.42. The Morgan fingerprint density at radius 1 is 1.00 bits per heavy atom. The molecule has 0 aromatic heterocycles. The van der Waals surface area contributed by atoms with E-state index in [1.54, 1.807) is 12.1 Å². The van der Waals surface area contributed by atoms with Gasteiger partial charge in [0.25, 0.3) is 0 Å². The van der Waals surface area contributed by atoms with Crippen LogP contribution in [0.1, 0.15) is 36.5 Å². The molecule has 2 aromatic rings. The van der Waals surface area contributed by atoms with E-state index in [4.69, 9.17) is 0 Å². The molecule has 0 radical (unpaired) electrons. The van der Waals surface area contributed by atoms with E-state index in [2.05, 4.69) is 26.0 Å². The molecule has 0 saturated carbocycles. The summed E-state index contributed by atoms with van der Waals surface area (Å²) in [6.07, 6.45) is 0.679. The molecule has 0 bridgehead atoms. The Morgan fingerprint density at radius 3 is 2.25 bits per heavy atom. The van der Waals surface area contributed by atoms with E-state index in [0.717, 1.165) is 11.1 Å². The number of carbonyl (C=O) groups is 1. The average Bonchev–Trinajstić information content (AvgIpc) is 2.39. The van der Waals surface area contributed by atoms with E-state index in [1.165, 1.54) is 17.7 Å². The maximum Gasteiger partial charge on any atom is 0.141 e. The summed E-state index contributed by atoms with van der Waals surface area (Å²) in [5.41, 5.74) is 3.01. The smallest absolute Gasteiger partial charge is 0.141 e. The van der Waals surface area contributed by atoms with Gasteiger partial charge in [-0.3, -0.25) is 4.79 Å². The SMILES string of the molecule is CC(C)c1ccc(CC(=O)Cc2cccc(F)c2)cc1. The van der Waals surface area contributed by atoms with Gasteiger partial charge in [-0.1, -0.05) is 50.2 Å². The van der Waals surface area contributed by atoms with Gasteiger partial charge in [0.15, 0.2) is 0 Å². The lowest BCUT2D eigenvalue weighted by Crippen LogP contribution is -2.06. The van der Waals surface area contributed by atoms with E-state index in [1.807, 2.05) is 12.1 Å². The molecule has 20 heavy (non-hydrogen) atoms. The first-order valence-electron chi connectivity index (χ1n) is 6.89. The van der Waals surface area contributed by atoms with Crippen molar-refractivity contribution in [1.29, 1.82) is 0 Å². The van der Waals surface area contributed by atoms with Crippen molar-refractivity contribution in [3.05, 3.63) is 71.0 Å². The maximum atomic E-state index is 13.1. The van der Waals surface area contributed by atoms with Gasteiger partial charge in [0.05, 0.1) is 0 Å². The van der Waals surface area contributed by atoms with Gasteiger partial charge in [0, 0.05) is 12.8 Å². The molecule has 0 unspecified atom stereocenters. The molecule has 0 spiro atoms. The fourth-order valence-corrected chi connectivity index (χ4v) is 2.19. The summed E-state index contributed by atoms with van der Waals surface area (Å²) >= 11 is 0. The predicted octanol–water partition coefficient (Wildman–Crippen LogP) is 4.30. The average molecular weight is 270 g/mol. The Hall–Kier alpha value is -1.96. The molecule has 0 heterocycles. The molecular weight excluding hydrogens is 251 g/mol. The Morgan fingerprint density at radius 2 is 1.65 bits per heavy atom. The number of ketones is 1. The standard InChI is InChI=1S/C18H19FO/c1-13(2)16-8-6-14(7-9-16)11-18(20)12-15-4-3-5-17(19)10-15/h3-10,13H,11-12H2,1-2H3. The van der Waals surface area contributed by atoms with Crippen molar-refractivity contribution < 1.29 is 9.18 Å². The van der Waals surface area contributed by atoms with Gasteiger partial charge in [-0.2, -0.15) is 0 Å². The lowest BCUT2D eigenvalue weighted by atomic mass is 9.98. The molecule has 0 saturated heterocycles. The first-order valence-corrected chi connectivity index (χ1v) is 6.89. The van der Waals surface area contributed by atoms with Crippen LogP contribution in [0.4, 0.5) is 4.39 Å². The topological polar surface area (TPSA) is 17.1 Å². The van der Waals surface area contributed by atoms with Gasteiger partial charge >= 0.3 is 0 Å². The summed E-state index contributed by atoms with van der Waals surface area (Å²) in [7, 11) is 0. The summed E-state index contributed by atoms with van der Waals surface area (Å²) < 4.78 is 13.1. The van der Waals surface area contributed by atoms with Crippen molar-refractivity contribution in [2.45, 2.75) is 32.6 Å².